The van der Waals surface area contributed by atoms with E-state index >= 15 is 0 Å². The number of hydrogen-bond donors (Lipinski definition) is 0. The maximum absolute atomic E-state index is 13.3. The standard InChI is InChI=1S/C18H14FNO2/c1-22-16-5-4-12-8-14(3-2-13(12)9-16)17(11-21)15-6-7-20-18(19)10-15/h2-11,17H,1H3. The molecular weight excluding hydrogens is 281 g/mol. The van der Waals surface area contributed by atoms with E-state index in [1.54, 1.807) is 13.2 Å². The van der Waals surface area contributed by atoms with E-state index in [1.807, 2.05) is 36.4 Å². The number of methoxy groups -OCH3 is 1. The lowest BCUT2D eigenvalue weighted by atomic mass is 9.91. The van der Waals surface area contributed by atoms with Crippen LogP contribution < -0.4 is 4.74 Å². The Morgan fingerprint density at radius 1 is 1.05 bits per heavy atom. The lowest BCUT2D eigenvalue weighted by molar-refractivity contribution is -0.108. The van der Waals surface area contributed by atoms with Gasteiger partial charge in [-0.05, 0) is 46.2 Å². The van der Waals surface area contributed by atoms with Gasteiger partial charge in [0.05, 0.1) is 13.0 Å². The van der Waals surface area contributed by atoms with Crippen molar-refractivity contribution < 1.29 is 13.9 Å². The zero-order valence-electron chi connectivity index (χ0n) is 12.0. The Bertz CT molecular complexity index is 832. The van der Waals surface area contributed by atoms with Gasteiger partial charge in [-0.3, -0.25) is 0 Å². The Balaban J connectivity index is 2.06. The normalized spacial score (nSPS) is 12.1. The summed E-state index contributed by atoms with van der Waals surface area (Å²) >= 11 is 0. The predicted molar refractivity (Wildman–Crippen MR) is 82.6 cm³/mol. The molecule has 0 aliphatic carbocycles. The zero-order chi connectivity index (χ0) is 15.5. The number of halogens is 1. The number of benzene rings is 2. The highest BCUT2D eigenvalue weighted by atomic mass is 19.1. The topological polar surface area (TPSA) is 39.2 Å². The molecule has 0 saturated carbocycles. The van der Waals surface area contributed by atoms with Gasteiger partial charge in [-0.25, -0.2) is 4.98 Å². The highest BCUT2D eigenvalue weighted by Gasteiger charge is 2.14. The number of hydrogen-bond acceptors (Lipinski definition) is 3. The lowest BCUT2D eigenvalue weighted by Gasteiger charge is -2.12. The first-order chi connectivity index (χ1) is 10.7. The predicted octanol–water partition coefficient (Wildman–Crippen LogP) is 3.71. The Kier molecular flexibility index (Phi) is 3.83. The smallest absolute Gasteiger partial charge is 0.213 e. The zero-order valence-corrected chi connectivity index (χ0v) is 12.0. The Morgan fingerprint density at radius 3 is 2.50 bits per heavy atom. The molecule has 0 saturated heterocycles. The molecule has 0 radical (unpaired) electrons. The van der Waals surface area contributed by atoms with Crippen molar-refractivity contribution >= 4 is 17.1 Å². The van der Waals surface area contributed by atoms with E-state index in [4.69, 9.17) is 4.74 Å². The van der Waals surface area contributed by atoms with E-state index < -0.39 is 11.9 Å². The minimum atomic E-state index is -0.588. The highest BCUT2D eigenvalue weighted by Crippen LogP contribution is 2.28. The molecule has 2 aromatic carbocycles. The van der Waals surface area contributed by atoms with Crippen LogP contribution in [0.3, 0.4) is 0 Å². The van der Waals surface area contributed by atoms with Gasteiger partial charge in [-0.15, -0.1) is 0 Å². The van der Waals surface area contributed by atoms with Crippen LogP contribution in [0.4, 0.5) is 4.39 Å². The summed E-state index contributed by atoms with van der Waals surface area (Å²) in [6.45, 7) is 0. The molecular formula is C18H14FNO2. The number of pyridine rings is 1. The highest BCUT2D eigenvalue weighted by molar-refractivity contribution is 5.86. The number of fused-ring (bicyclic) bond motifs is 1. The van der Waals surface area contributed by atoms with Gasteiger partial charge in [0.2, 0.25) is 5.95 Å². The fourth-order valence-electron chi connectivity index (χ4n) is 2.52. The summed E-state index contributed by atoms with van der Waals surface area (Å²) in [6, 6.07) is 14.4. The molecule has 1 aromatic heterocycles. The quantitative estimate of drug-likeness (QED) is 0.544. The molecule has 0 spiro atoms. The second kappa shape index (κ2) is 5.93. The molecule has 0 bridgehead atoms. The first-order valence-electron chi connectivity index (χ1n) is 6.85. The number of aldehydes is 1. The van der Waals surface area contributed by atoms with Gasteiger partial charge in [0.1, 0.15) is 12.0 Å². The Labute approximate surface area is 127 Å². The third-order valence-corrected chi connectivity index (χ3v) is 3.68. The first-order valence-corrected chi connectivity index (χ1v) is 6.85. The number of carbonyl (C=O) groups is 1. The van der Waals surface area contributed by atoms with Crippen molar-refractivity contribution in [3.63, 3.8) is 0 Å². The summed E-state index contributed by atoms with van der Waals surface area (Å²) in [5, 5.41) is 2.02. The molecule has 3 aromatic rings. The van der Waals surface area contributed by atoms with Crippen LogP contribution in [0.1, 0.15) is 17.0 Å². The number of aromatic nitrogens is 1. The van der Waals surface area contributed by atoms with Crippen LogP contribution in [0.25, 0.3) is 10.8 Å². The Hall–Kier alpha value is -2.75. The second-order valence-corrected chi connectivity index (χ2v) is 5.00. The van der Waals surface area contributed by atoms with Crippen LogP contribution in [-0.4, -0.2) is 18.4 Å². The third-order valence-electron chi connectivity index (χ3n) is 3.68. The average Bonchev–Trinajstić information content (AvgIpc) is 2.55. The van der Waals surface area contributed by atoms with Crippen LogP contribution in [0.5, 0.6) is 5.75 Å². The van der Waals surface area contributed by atoms with Crippen LogP contribution in [0, 0.1) is 5.95 Å². The van der Waals surface area contributed by atoms with Gasteiger partial charge in [0.25, 0.3) is 0 Å². The molecule has 0 fully saturated rings. The summed E-state index contributed by atoms with van der Waals surface area (Å²) in [5.41, 5.74) is 1.41. The van der Waals surface area contributed by atoms with E-state index in [0.717, 1.165) is 28.4 Å². The number of rotatable bonds is 4. The van der Waals surface area contributed by atoms with E-state index in [2.05, 4.69) is 4.98 Å². The number of ether oxygens (including phenoxy) is 1. The molecule has 0 aliphatic heterocycles. The van der Waals surface area contributed by atoms with Crippen LogP contribution in [-0.2, 0) is 4.79 Å². The molecule has 0 N–H and O–H groups in total. The van der Waals surface area contributed by atoms with Gasteiger partial charge in [-0.1, -0.05) is 24.3 Å². The van der Waals surface area contributed by atoms with Crippen LogP contribution in [0.15, 0.2) is 54.7 Å². The maximum atomic E-state index is 13.3. The van der Waals surface area contributed by atoms with Crippen molar-refractivity contribution in [2.45, 2.75) is 5.92 Å². The van der Waals surface area contributed by atoms with Gasteiger partial charge in [-0.2, -0.15) is 4.39 Å². The summed E-state index contributed by atoms with van der Waals surface area (Å²) in [6.07, 6.45) is 2.19. The molecule has 1 unspecified atom stereocenters. The molecule has 1 atom stereocenters. The first kappa shape index (κ1) is 14.2. The van der Waals surface area contributed by atoms with Gasteiger partial charge >= 0.3 is 0 Å². The minimum Gasteiger partial charge on any atom is -0.497 e. The fraction of sp³-hybridized carbons (Fsp3) is 0.111. The molecule has 3 rings (SSSR count). The largest absolute Gasteiger partial charge is 0.497 e. The van der Waals surface area contributed by atoms with E-state index in [-0.39, 0.29) is 0 Å². The average molecular weight is 295 g/mol. The van der Waals surface area contributed by atoms with Gasteiger partial charge < -0.3 is 9.53 Å². The van der Waals surface area contributed by atoms with Crippen LogP contribution >= 0.6 is 0 Å². The van der Waals surface area contributed by atoms with Crippen molar-refractivity contribution in [1.82, 2.24) is 4.98 Å². The summed E-state index contributed by atoms with van der Waals surface area (Å²) in [4.78, 5) is 15.0. The number of nitrogens with zero attached hydrogens (tertiary/aromatic N) is 1. The number of carbonyl (C=O) groups excluding carboxylic acids is 1. The van der Waals surface area contributed by atoms with Crippen LogP contribution in [0.2, 0.25) is 0 Å². The molecule has 22 heavy (non-hydrogen) atoms. The van der Waals surface area contributed by atoms with Crippen molar-refractivity contribution in [3.8, 4) is 5.75 Å². The van der Waals surface area contributed by atoms with E-state index in [1.165, 1.54) is 12.3 Å². The van der Waals surface area contributed by atoms with Crippen molar-refractivity contribution in [2.24, 2.45) is 0 Å². The van der Waals surface area contributed by atoms with E-state index in [9.17, 15) is 9.18 Å². The monoisotopic (exact) mass is 295 g/mol. The summed E-state index contributed by atoms with van der Waals surface area (Å²) < 4.78 is 18.5. The maximum Gasteiger partial charge on any atom is 0.213 e. The molecule has 1 heterocycles. The molecule has 110 valence electrons. The molecule has 0 amide bonds. The van der Waals surface area contributed by atoms with Crippen molar-refractivity contribution in [1.29, 1.82) is 0 Å². The summed E-state index contributed by atoms with van der Waals surface area (Å²) in [7, 11) is 1.62. The minimum absolute atomic E-state index is 0.510. The second-order valence-electron chi connectivity index (χ2n) is 5.00. The van der Waals surface area contributed by atoms with Gasteiger partial charge in [0, 0.05) is 6.20 Å². The van der Waals surface area contributed by atoms with E-state index in [0.29, 0.717) is 5.56 Å². The van der Waals surface area contributed by atoms with Gasteiger partial charge in [0.15, 0.2) is 0 Å². The molecule has 0 aliphatic rings. The Morgan fingerprint density at radius 2 is 1.77 bits per heavy atom. The molecule has 4 heteroatoms. The van der Waals surface area contributed by atoms with Crippen molar-refractivity contribution in [3.05, 3.63) is 71.8 Å². The van der Waals surface area contributed by atoms with Crippen molar-refractivity contribution in [2.75, 3.05) is 7.11 Å². The molecule has 3 nitrogen and oxygen atoms in total. The third kappa shape index (κ3) is 2.68. The SMILES string of the molecule is COc1ccc2cc(C(C=O)c3ccnc(F)c3)ccc2c1. The fourth-order valence-corrected chi connectivity index (χ4v) is 2.52. The summed E-state index contributed by atoms with van der Waals surface area (Å²) in [5.74, 6) is -0.317. The lowest BCUT2D eigenvalue weighted by Crippen LogP contribution is -2.03.